The van der Waals surface area contributed by atoms with Gasteiger partial charge < -0.3 is 10.2 Å². The molecule has 2 aromatic heterocycles. The highest BCUT2D eigenvalue weighted by atomic mass is 32.1. The molecule has 0 bridgehead atoms. The molecular formula is C12H18N6OS. The van der Waals surface area contributed by atoms with E-state index >= 15 is 0 Å². The van der Waals surface area contributed by atoms with Crippen LogP contribution in [0.5, 0.6) is 0 Å². The van der Waals surface area contributed by atoms with Gasteiger partial charge in [-0.3, -0.25) is 5.43 Å². The Balaban J connectivity index is 2.15. The summed E-state index contributed by atoms with van der Waals surface area (Å²) in [6.07, 6.45) is 1.08. The van der Waals surface area contributed by atoms with Gasteiger partial charge in [0.2, 0.25) is 5.95 Å². The highest BCUT2D eigenvalue weighted by Gasteiger charge is 2.27. The van der Waals surface area contributed by atoms with Crippen LogP contribution < -0.4 is 22.5 Å². The first-order valence-corrected chi connectivity index (χ1v) is 7.32. The average molecular weight is 294 g/mol. The van der Waals surface area contributed by atoms with Crippen LogP contribution in [0.25, 0.3) is 10.2 Å². The number of hydrazine groups is 2. The zero-order chi connectivity index (χ0) is 14.3. The van der Waals surface area contributed by atoms with Crippen molar-refractivity contribution >= 4 is 33.3 Å². The van der Waals surface area contributed by atoms with Crippen molar-refractivity contribution in [2.24, 2.45) is 17.6 Å². The third-order valence-electron chi connectivity index (χ3n) is 3.58. The SMILES string of the molecule is CC(C)[C@@H]1Cc2c(sc3nc(NN)nc(NN)c23)CO1. The first-order chi connectivity index (χ1) is 9.63. The molecule has 0 fully saturated rings. The molecule has 3 rings (SSSR count). The van der Waals surface area contributed by atoms with Gasteiger partial charge in [-0.25, -0.2) is 16.7 Å². The molecule has 0 radical (unpaired) electrons. The van der Waals surface area contributed by atoms with Crippen molar-refractivity contribution in [2.75, 3.05) is 10.9 Å². The number of nitrogens with zero attached hydrogens (tertiary/aromatic N) is 2. The number of ether oxygens (including phenoxy) is 1. The predicted molar refractivity (Wildman–Crippen MR) is 80.2 cm³/mol. The molecular weight excluding hydrogens is 276 g/mol. The lowest BCUT2D eigenvalue weighted by atomic mass is 9.95. The van der Waals surface area contributed by atoms with Crippen LogP contribution in [0.15, 0.2) is 0 Å². The molecule has 1 aliphatic rings. The summed E-state index contributed by atoms with van der Waals surface area (Å²) in [4.78, 5) is 10.7. The van der Waals surface area contributed by atoms with Crippen LogP contribution in [0.1, 0.15) is 24.3 Å². The normalized spacial score (nSPS) is 18.4. The Morgan fingerprint density at radius 2 is 2.10 bits per heavy atom. The van der Waals surface area contributed by atoms with Gasteiger partial charge in [-0.2, -0.15) is 4.98 Å². The summed E-state index contributed by atoms with van der Waals surface area (Å²) < 4.78 is 5.90. The molecule has 0 spiro atoms. The van der Waals surface area contributed by atoms with E-state index in [1.54, 1.807) is 11.3 Å². The highest BCUT2D eigenvalue weighted by molar-refractivity contribution is 7.19. The molecule has 1 atom stereocenters. The molecule has 7 nitrogen and oxygen atoms in total. The van der Waals surface area contributed by atoms with E-state index in [0.717, 1.165) is 16.6 Å². The minimum absolute atomic E-state index is 0.221. The molecule has 0 amide bonds. The Labute approximate surface area is 120 Å². The summed E-state index contributed by atoms with van der Waals surface area (Å²) in [6.45, 7) is 4.95. The molecule has 2 aromatic rings. The van der Waals surface area contributed by atoms with Crippen molar-refractivity contribution in [1.29, 1.82) is 0 Å². The van der Waals surface area contributed by atoms with Crippen molar-refractivity contribution < 1.29 is 4.74 Å². The molecule has 20 heavy (non-hydrogen) atoms. The van der Waals surface area contributed by atoms with Crippen LogP contribution in [0.2, 0.25) is 0 Å². The number of nitrogens with one attached hydrogen (secondary N) is 2. The van der Waals surface area contributed by atoms with Crippen LogP contribution in [0.4, 0.5) is 11.8 Å². The van der Waals surface area contributed by atoms with E-state index in [1.807, 2.05) is 0 Å². The van der Waals surface area contributed by atoms with Gasteiger partial charge in [0, 0.05) is 11.3 Å². The van der Waals surface area contributed by atoms with Gasteiger partial charge in [0.1, 0.15) is 4.83 Å². The van der Waals surface area contributed by atoms with E-state index in [4.69, 9.17) is 16.4 Å². The molecule has 0 saturated heterocycles. The Morgan fingerprint density at radius 3 is 2.75 bits per heavy atom. The minimum Gasteiger partial charge on any atom is -0.372 e. The van der Waals surface area contributed by atoms with Crippen LogP contribution >= 0.6 is 11.3 Å². The summed E-state index contributed by atoms with van der Waals surface area (Å²) in [5.41, 5.74) is 6.35. The van der Waals surface area contributed by atoms with Crippen molar-refractivity contribution in [1.82, 2.24) is 9.97 Å². The lowest BCUT2D eigenvalue weighted by molar-refractivity contribution is 0.00203. The topological polar surface area (TPSA) is 111 Å². The van der Waals surface area contributed by atoms with Gasteiger partial charge in [-0.05, 0) is 11.5 Å². The van der Waals surface area contributed by atoms with Gasteiger partial charge in [0.25, 0.3) is 0 Å². The zero-order valence-electron chi connectivity index (χ0n) is 11.4. The number of hydrogen-bond acceptors (Lipinski definition) is 8. The molecule has 8 heteroatoms. The maximum absolute atomic E-state index is 5.90. The first-order valence-electron chi connectivity index (χ1n) is 6.51. The summed E-state index contributed by atoms with van der Waals surface area (Å²) in [6, 6.07) is 0. The first kappa shape index (κ1) is 13.5. The quantitative estimate of drug-likeness (QED) is 0.499. The maximum atomic E-state index is 5.90. The summed E-state index contributed by atoms with van der Waals surface area (Å²) >= 11 is 1.61. The number of aromatic nitrogens is 2. The standard InChI is InChI=1S/C12H18N6OS/c1-5(2)7-3-6-8(4-19-7)20-11-9(6)10(17-13)15-12(16-11)18-14/h5,7H,3-4,13-14H2,1-2H3,(H2,15,16,17,18)/t7-/m0/s1. The molecule has 108 valence electrons. The smallest absolute Gasteiger partial charge is 0.240 e. The fourth-order valence-corrected chi connectivity index (χ4v) is 3.60. The summed E-state index contributed by atoms with van der Waals surface area (Å²) in [7, 11) is 0. The van der Waals surface area contributed by atoms with E-state index in [1.165, 1.54) is 10.4 Å². The van der Waals surface area contributed by atoms with Crippen molar-refractivity contribution in [2.45, 2.75) is 33.0 Å². The van der Waals surface area contributed by atoms with Crippen molar-refractivity contribution in [3.8, 4) is 0 Å². The second-order valence-electron chi connectivity index (χ2n) is 5.17. The van der Waals surface area contributed by atoms with Crippen LogP contribution in [0.3, 0.4) is 0 Å². The van der Waals surface area contributed by atoms with Crippen LogP contribution in [-0.2, 0) is 17.8 Å². The monoisotopic (exact) mass is 294 g/mol. The third-order valence-corrected chi connectivity index (χ3v) is 4.68. The second-order valence-corrected chi connectivity index (χ2v) is 6.25. The number of rotatable bonds is 3. The molecule has 0 aromatic carbocycles. The molecule has 0 saturated carbocycles. The average Bonchev–Trinajstić information content (AvgIpc) is 2.83. The van der Waals surface area contributed by atoms with Gasteiger partial charge >= 0.3 is 0 Å². The molecule has 0 unspecified atom stereocenters. The molecule has 0 aliphatic carbocycles. The Morgan fingerprint density at radius 1 is 1.30 bits per heavy atom. The molecule has 3 heterocycles. The zero-order valence-corrected chi connectivity index (χ0v) is 12.3. The number of nitrogens with two attached hydrogens (primary N) is 2. The minimum atomic E-state index is 0.221. The fourth-order valence-electron chi connectivity index (χ4n) is 2.48. The van der Waals surface area contributed by atoms with E-state index in [9.17, 15) is 0 Å². The Hall–Kier alpha value is -1.48. The van der Waals surface area contributed by atoms with E-state index in [-0.39, 0.29) is 6.10 Å². The fraction of sp³-hybridized carbons (Fsp3) is 0.500. The van der Waals surface area contributed by atoms with Gasteiger partial charge in [-0.15, -0.1) is 11.3 Å². The van der Waals surface area contributed by atoms with Crippen molar-refractivity contribution in [3.63, 3.8) is 0 Å². The Bertz CT molecular complexity index is 640. The van der Waals surface area contributed by atoms with Crippen LogP contribution in [-0.4, -0.2) is 16.1 Å². The number of hydrogen-bond donors (Lipinski definition) is 4. The number of fused-ring (bicyclic) bond motifs is 3. The summed E-state index contributed by atoms with van der Waals surface area (Å²) in [5.74, 6) is 12.4. The van der Waals surface area contributed by atoms with Gasteiger partial charge in [0.05, 0.1) is 18.1 Å². The number of nitrogen functional groups attached to an aromatic ring is 2. The highest BCUT2D eigenvalue weighted by Crippen LogP contribution is 2.39. The van der Waals surface area contributed by atoms with Gasteiger partial charge in [0.15, 0.2) is 5.82 Å². The summed E-state index contributed by atoms with van der Waals surface area (Å²) in [5, 5.41) is 0.987. The molecule has 1 aliphatic heterocycles. The number of anilines is 2. The van der Waals surface area contributed by atoms with E-state index < -0.39 is 0 Å². The van der Waals surface area contributed by atoms with E-state index in [2.05, 4.69) is 34.7 Å². The second kappa shape index (κ2) is 5.13. The van der Waals surface area contributed by atoms with Crippen LogP contribution in [0, 0.1) is 5.92 Å². The number of thiophene rings is 1. The largest absolute Gasteiger partial charge is 0.372 e. The Kier molecular flexibility index (Phi) is 3.47. The maximum Gasteiger partial charge on any atom is 0.240 e. The third kappa shape index (κ3) is 2.10. The predicted octanol–water partition coefficient (Wildman–Crippen LogP) is 1.36. The molecule has 6 N–H and O–H groups in total. The van der Waals surface area contributed by atoms with Gasteiger partial charge in [-0.1, -0.05) is 13.8 Å². The lowest BCUT2D eigenvalue weighted by Crippen LogP contribution is -2.26. The lowest BCUT2D eigenvalue weighted by Gasteiger charge is -2.26. The van der Waals surface area contributed by atoms with Crippen molar-refractivity contribution in [3.05, 3.63) is 10.4 Å². The van der Waals surface area contributed by atoms with E-state index in [0.29, 0.717) is 24.3 Å².